The van der Waals surface area contributed by atoms with E-state index in [9.17, 15) is 0 Å². The van der Waals surface area contributed by atoms with Crippen LogP contribution in [0.4, 0.5) is 0 Å². The molecule has 1 heterocycles. The average molecular weight is 208 g/mol. The molecule has 0 fully saturated rings. The van der Waals surface area contributed by atoms with Crippen LogP contribution in [0.25, 0.3) is 0 Å². The lowest BCUT2D eigenvalue weighted by Crippen LogP contribution is -2.36. The first-order chi connectivity index (χ1) is 6.75. The van der Waals surface area contributed by atoms with Crippen LogP contribution in [0.3, 0.4) is 0 Å². The highest BCUT2D eigenvalue weighted by Gasteiger charge is 2.39. The van der Waals surface area contributed by atoms with Crippen LogP contribution in [0.15, 0.2) is 0 Å². The van der Waals surface area contributed by atoms with Crippen molar-refractivity contribution in [2.45, 2.75) is 65.6 Å². The van der Waals surface area contributed by atoms with Gasteiger partial charge in [0.1, 0.15) is 11.2 Å². The topological polar surface area (TPSA) is 9.23 Å². The number of hydrogen-bond donors (Lipinski definition) is 0. The first-order valence-electron chi connectivity index (χ1n) is 5.99. The number of hydrogen-bond acceptors (Lipinski definition) is 1. The van der Waals surface area contributed by atoms with Crippen LogP contribution in [0.2, 0.25) is 0 Å². The molecule has 1 aliphatic heterocycles. The third-order valence-electron chi connectivity index (χ3n) is 2.64. The summed E-state index contributed by atoms with van der Waals surface area (Å²) >= 11 is 0. The molecule has 1 rings (SSSR count). The molecule has 0 aromatic carbocycles. The molecule has 0 aromatic heterocycles. The van der Waals surface area contributed by atoms with E-state index in [1.165, 1.54) is 0 Å². The van der Waals surface area contributed by atoms with Crippen LogP contribution < -0.4 is 0 Å². The van der Waals surface area contributed by atoms with Gasteiger partial charge in [-0.05, 0) is 38.5 Å². The fourth-order valence-electron chi connectivity index (χ4n) is 2.56. The van der Waals surface area contributed by atoms with Crippen molar-refractivity contribution in [1.29, 1.82) is 0 Å². The molecule has 0 saturated heterocycles. The third-order valence-corrected chi connectivity index (χ3v) is 2.64. The second-order valence-corrected chi connectivity index (χ2v) is 6.01. The summed E-state index contributed by atoms with van der Waals surface area (Å²) in [5, 5.41) is 0. The fourth-order valence-corrected chi connectivity index (χ4v) is 2.56. The molecule has 86 valence electrons. The van der Waals surface area contributed by atoms with Crippen LogP contribution in [0.1, 0.15) is 54.4 Å². The molecule has 0 amide bonds. The minimum Gasteiger partial charge on any atom is -0.344 e. The molecular formula is C14H24O. The maximum atomic E-state index is 6.14. The molecule has 0 bridgehead atoms. The van der Waals surface area contributed by atoms with Gasteiger partial charge in [-0.15, -0.1) is 0 Å². The molecule has 0 aromatic rings. The lowest BCUT2D eigenvalue weighted by molar-refractivity contribution is -0.0821. The lowest BCUT2D eigenvalue weighted by atomic mass is 9.95. The van der Waals surface area contributed by atoms with Crippen molar-refractivity contribution in [2.75, 3.05) is 0 Å². The molecule has 2 unspecified atom stereocenters. The van der Waals surface area contributed by atoms with Crippen molar-refractivity contribution in [3.05, 3.63) is 0 Å². The van der Waals surface area contributed by atoms with Crippen molar-refractivity contribution in [3.8, 4) is 11.8 Å². The fraction of sp³-hybridized carbons (Fsp3) is 0.857. The molecule has 2 atom stereocenters. The Kier molecular flexibility index (Phi) is 3.51. The van der Waals surface area contributed by atoms with Gasteiger partial charge < -0.3 is 4.74 Å². The molecule has 0 radical (unpaired) electrons. The maximum Gasteiger partial charge on any atom is 0.128 e. The van der Waals surface area contributed by atoms with Crippen LogP contribution in [0, 0.1) is 23.7 Å². The second kappa shape index (κ2) is 4.18. The van der Waals surface area contributed by atoms with Gasteiger partial charge >= 0.3 is 0 Å². The van der Waals surface area contributed by atoms with E-state index in [2.05, 4.69) is 53.4 Å². The zero-order valence-electron chi connectivity index (χ0n) is 11.0. The smallest absolute Gasteiger partial charge is 0.128 e. The minimum atomic E-state index is -0.224. The highest BCUT2D eigenvalue weighted by Crippen LogP contribution is 2.34. The van der Waals surface area contributed by atoms with Crippen molar-refractivity contribution in [3.63, 3.8) is 0 Å². The van der Waals surface area contributed by atoms with Crippen LogP contribution in [-0.4, -0.2) is 11.2 Å². The normalized spacial score (nSPS) is 34.7. The summed E-state index contributed by atoms with van der Waals surface area (Å²) in [5.41, 5.74) is -0.449. The molecule has 0 N–H and O–H groups in total. The Bertz CT molecular complexity index is 255. The highest BCUT2D eigenvalue weighted by molar-refractivity contribution is 5.27. The first-order valence-corrected chi connectivity index (χ1v) is 5.99. The van der Waals surface area contributed by atoms with Crippen LogP contribution >= 0.6 is 0 Å². The molecule has 0 spiro atoms. The van der Waals surface area contributed by atoms with E-state index < -0.39 is 0 Å². The summed E-state index contributed by atoms with van der Waals surface area (Å²) in [4.78, 5) is 0. The Labute approximate surface area is 94.6 Å². The Morgan fingerprint density at radius 3 is 1.47 bits per heavy atom. The SMILES string of the molecule is CC(C)CC1(C)C#CC(C)(CC(C)C)O1. The number of rotatable bonds is 4. The highest BCUT2D eigenvalue weighted by atomic mass is 16.5. The second-order valence-electron chi connectivity index (χ2n) is 6.01. The standard InChI is InChI=1S/C14H24O/c1-11(2)9-13(5)7-8-14(6,15-13)10-12(3)4/h11-12H,9-10H2,1-6H3. The minimum absolute atomic E-state index is 0.224. The Hall–Kier alpha value is -0.480. The lowest BCUT2D eigenvalue weighted by Gasteiger charge is -2.31. The van der Waals surface area contributed by atoms with E-state index in [1.54, 1.807) is 0 Å². The Morgan fingerprint density at radius 1 is 0.867 bits per heavy atom. The van der Waals surface area contributed by atoms with Crippen molar-refractivity contribution in [1.82, 2.24) is 0 Å². The zero-order valence-corrected chi connectivity index (χ0v) is 11.0. The molecular weight excluding hydrogens is 184 g/mol. The van der Waals surface area contributed by atoms with Crippen molar-refractivity contribution in [2.24, 2.45) is 11.8 Å². The van der Waals surface area contributed by atoms with Crippen molar-refractivity contribution >= 4 is 0 Å². The van der Waals surface area contributed by atoms with Gasteiger partial charge in [0, 0.05) is 0 Å². The first kappa shape index (κ1) is 12.6. The van der Waals surface area contributed by atoms with Gasteiger partial charge in [0.15, 0.2) is 0 Å². The largest absolute Gasteiger partial charge is 0.344 e. The van der Waals surface area contributed by atoms with Gasteiger partial charge in [-0.1, -0.05) is 39.5 Å². The summed E-state index contributed by atoms with van der Waals surface area (Å²) in [6.07, 6.45) is 2.04. The molecule has 1 heteroatoms. The van der Waals surface area contributed by atoms with Gasteiger partial charge in [-0.2, -0.15) is 0 Å². The summed E-state index contributed by atoms with van der Waals surface area (Å²) in [7, 11) is 0. The van der Waals surface area contributed by atoms with E-state index in [0.717, 1.165) is 12.8 Å². The van der Waals surface area contributed by atoms with Gasteiger partial charge in [-0.25, -0.2) is 0 Å². The maximum absolute atomic E-state index is 6.14. The average Bonchev–Trinajstić information content (AvgIpc) is 2.22. The molecule has 1 aliphatic rings. The third kappa shape index (κ3) is 3.54. The molecule has 1 nitrogen and oxygen atoms in total. The summed E-state index contributed by atoms with van der Waals surface area (Å²) < 4.78 is 6.14. The number of ether oxygens (including phenoxy) is 1. The predicted octanol–water partition coefficient (Wildman–Crippen LogP) is 3.63. The summed E-state index contributed by atoms with van der Waals surface area (Å²) in [5.74, 6) is 7.84. The van der Waals surface area contributed by atoms with Gasteiger partial charge in [0.25, 0.3) is 0 Å². The van der Waals surface area contributed by atoms with E-state index in [0.29, 0.717) is 11.8 Å². The van der Waals surface area contributed by atoms with Gasteiger partial charge in [0.2, 0.25) is 0 Å². The Balaban J connectivity index is 2.64. The summed E-state index contributed by atoms with van der Waals surface area (Å²) in [6, 6.07) is 0. The zero-order chi connectivity index (χ0) is 11.7. The monoisotopic (exact) mass is 208 g/mol. The van der Waals surface area contributed by atoms with E-state index in [-0.39, 0.29) is 11.2 Å². The quantitative estimate of drug-likeness (QED) is 0.641. The van der Waals surface area contributed by atoms with Gasteiger partial charge in [-0.3, -0.25) is 0 Å². The molecule has 0 aliphatic carbocycles. The Morgan fingerprint density at radius 2 is 1.20 bits per heavy atom. The van der Waals surface area contributed by atoms with E-state index in [1.807, 2.05) is 0 Å². The van der Waals surface area contributed by atoms with E-state index in [4.69, 9.17) is 4.74 Å². The van der Waals surface area contributed by atoms with Gasteiger partial charge in [0.05, 0.1) is 0 Å². The van der Waals surface area contributed by atoms with E-state index >= 15 is 0 Å². The summed E-state index contributed by atoms with van der Waals surface area (Å²) in [6.45, 7) is 13.1. The molecule has 15 heavy (non-hydrogen) atoms. The van der Waals surface area contributed by atoms with Crippen LogP contribution in [-0.2, 0) is 4.74 Å². The predicted molar refractivity (Wildman–Crippen MR) is 64.6 cm³/mol. The van der Waals surface area contributed by atoms with Crippen molar-refractivity contribution < 1.29 is 4.74 Å². The molecule has 0 saturated carbocycles. The van der Waals surface area contributed by atoms with Crippen LogP contribution in [0.5, 0.6) is 0 Å².